The summed E-state index contributed by atoms with van der Waals surface area (Å²) in [5.74, 6) is 3.15. The normalized spacial score (nSPS) is 12.3. The number of carbonyl (C=O) groups excluding carboxylic acids is 1. The van der Waals surface area contributed by atoms with Gasteiger partial charge >= 0.3 is 0 Å². The van der Waals surface area contributed by atoms with Crippen molar-refractivity contribution in [1.82, 2.24) is 15.1 Å². The van der Waals surface area contributed by atoms with Crippen molar-refractivity contribution in [2.45, 2.75) is 18.7 Å². The quantitative estimate of drug-likeness (QED) is 0.433. The van der Waals surface area contributed by atoms with E-state index in [0.717, 1.165) is 11.3 Å². The first-order valence-corrected chi connectivity index (χ1v) is 11.4. The summed E-state index contributed by atoms with van der Waals surface area (Å²) in [6, 6.07) is 11.1. The Kier molecular flexibility index (Phi) is 7.23. The van der Waals surface area contributed by atoms with E-state index in [1.807, 2.05) is 25.1 Å². The summed E-state index contributed by atoms with van der Waals surface area (Å²) >= 11 is 1.20. The summed E-state index contributed by atoms with van der Waals surface area (Å²) in [7, 11) is 3.15. The SMILES string of the molecule is CCN(Cc1ccc2c(c1)OCCO2)C(=O)CSc1nnc(-c2cc(OC)cc(OC)c2)o1. The van der Waals surface area contributed by atoms with Gasteiger partial charge in [0, 0.05) is 24.7 Å². The number of hydrogen-bond acceptors (Lipinski definition) is 9. The van der Waals surface area contributed by atoms with E-state index in [-0.39, 0.29) is 11.7 Å². The lowest BCUT2D eigenvalue weighted by atomic mass is 10.2. The number of amides is 1. The Bertz CT molecular complexity index is 1100. The maximum Gasteiger partial charge on any atom is 0.277 e. The van der Waals surface area contributed by atoms with E-state index < -0.39 is 0 Å². The number of hydrogen-bond donors (Lipinski definition) is 0. The van der Waals surface area contributed by atoms with Gasteiger partial charge in [-0.3, -0.25) is 4.79 Å². The Hall–Kier alpha value is -3.40. The van der Waals surface area contributed by atoms with E-state index in [1.54, 1.807) is 37.3 Å². The molecule has 174 valence electrons. The number of rotatable bonds is 9. The molecular formula is C23H25N3O6S. The van der Waals surface area contributed by atoms with Crippen LogP contribution in [0.5, 0.6) is 23.0 Å². The fourth-order valence-corrected chi connectivity index (χ4v) is 3.98. The molecule has 1 aromatic heterocycles. The highest BCUT2D eigenvalue weighted by Gasteiger charge is 2.18. The number of ether oxygens (including phenoxy) is 4. The van der Waals surface area contributed by atoms with Gasteiger partial charge in [0.2, 0.25) is 11.8 Å². The number of benzene rings is 2. The molecule has 0 fully saturated rings. The zero-order chi connectivity index (χ0) is 23.2. The molecule has 10 heteroatoms. The highest BCUT2D eigenvalue weighted by Crippen LogP contribution is 2.32. The van der Waals surface area contributed by atoms with Crippen molar-refractivity contribution in [2.75, 3.05) is 39.7 Å². The minimum Gasteiger partial charge on any atom is -0.497 e. The largest absolute Gasteiger partial charge is 0.497 e. The summed E-state index contributed by atoms with van der Waals surface area (Å²) in [5, 5.41) is 8.46. The van der Waals surface area contributed by atoms with Gasteiger partial charge in [-0.25, -0.2) is 0 Å². The van der Waals surface area contributed by atoms with Crippen LogP contribution >= 0.6 is 11.8 Å². The Morgan fingerprint density at radius 3 is 2.45 bits per heavy atom. The van der Waals surface area contributed by atoms with Gasteiger partial charge < -0.3 is 28.3 Å². The first-order valence-electron chi connectivity index (χ1n) is 10.5. The van der Waals surface area contributed by atoms with Gasteiger partial charge in [0.25, 0.3) is 5.22 Å². The van der Waals surface area contributed by atoms with Gasteiger partial charge in [0.15, 0.2) is 11.5 Å². The summed E-state index contributed by atoms with van der Waals surface area (Å²) in [6.07, 6.45) is 0. The smallest absolute Gasteiger partial charge is 0.277 e. The lowest BCUT2D eigenvalue weighted by Crippen LogP contribution is -2.31. The van der Waals surface area contributed by atoms with Gasteiger partial charge in [-0.2, -0.15) is 0 Å². The summed E-state index contributed by atoms with van der Waals surface area (Å²) in [5.41, 5.74) is 1.65. The molecule has 0 saturated heterocycles. The Labute approximate surface area is 196 Å². The maximum absolute atomic E-state index is 12.8. The van der Waals surface area contributed by atoms with Crippen LogP contribution in [-0.4, -0.2) is 60.7 Å². The van der Waals surface area contributed by atoms with E-state index in [1.165, 1.54) is 11.8 Å². The van der Waals surface area contributed by atoms with Crippen LogP contribution in [-0.2, 0) is 11.3 Å². The lowest BCUT2D eigenvalue weighted by Gasteiger charge is -2.23. The van der Waals surface area contributed by atoms with Crippen LogP contribution in [0.1, 0.15) is 12.5 Å². The van der Waals surface area contributed by atoms with Gasteiger partial charge in [0.05, 0.1) is 20.0 Å². The monoisotopic (exact) mass is 471 g/mol. The molecule has 4 rings (SSSR count). The molecule has 0 N–H and O–H groups in total. The van der Waals surface area contributed by atoms with E-state index >= 15 is 0 Å². The van der Waals surface area contributed by atoms with Crippen LogP contribution < -0.4 is 18.9 Å². The first kappa shape index (κ1) is 22.8. The number of nitrogens with zero attached hydrogens (tertiary/aromatic N) is 3. The van der Waals surface area contributed by atoms with Crippen molar-refractivity contribution < 1.29 is 28.2 Å². The molecule has 0 unspecified atom stereocenters. The third kappa shape index (κ3) is 5.51. The zero-order valence-corrected chi connectivity index (χ0v) is 19.5. The van der Waals surface area contributed by atoms with Gasteiger partial charge in [-0.15, -0.1) is 10.2 Å². The summed E-state index contributed by atoms with van der Waals surface area (Å²) in [6.45, 7) is 4.07. The number of carbonyl (C=O) groups is 1. The third-order valence-corrected chi connectivity index (χ3v) is 5.84. The molecule has 0 atom stereocenters. The van der Waals surface area contributed by atoms with Crippen LogP contribution in [0.4, 0.5) is 0 Å². The maximum atomic E-state index is 12.8. The molecule has 0 saturated carbocycles. The molecule has 33 heavy (non-hydrogen) atoms. The van der Waals surface area contributed by atoms with Gasteiger partial charge in [-0.05, 0) is 36.8 Å². The van der Waals surface area contributed by atoms with Crippen molar-refractivity contribution in [3.05, 3.63) is 42.0 Å². The average molecular weight is 472 g/mol. The predicted molar refractivity (Wildman–Crippen MR) is 122 cm³/mol. The van der Waals surface area contributed by atoms with Crippen molar-refractivity contribution in [2.24, 2.45) is 0 Å². The Morgan fingerprint density at radius 2 is 1.76 bits per heavy atom. The van der Waals surface area contributed by atoms with E-state index in [4.69, 9.17) is 23.4 Å². The van der Waals surface area contributed by atoms with E-state index in [9.17, 15) is 4.79 Å². The highest BCUT2D eigenvalue weighted by molar-refractivity contribution is 7.99. The average Bonchev–Trinajstić information content (AvgIpc) is 3.34. The molecule has 0 aliphatic carbocycles. The lowest BCUT2D eigenvalue weighted by molar-refractivity contribution is -0.128. The number of aromatic nitrogens is 2. The van der Waals surface area contributed by atoms with E-state index in [0.29, 0.717) is 60.2 Å². The number of thioether (sulfide) groups is 1. The van der Waals surface area contributed by atoms with Gasteiger partial charge in [0.1, 0.15) is 24.7 Å². The molecule has 9 nitrogen and oxygen atoms in total. The first-order chi connectivity index (χ1) is 16.1. The second-order valence-corrected chi connectivity index (χ2v) is 8.08. The molecule has 3 aromatic rings. The molecule has 1 aliphatic rings. The molecule has 1 aliphatic heterocycles. The van der Waals surface area contributed by atoms with Crippen molar-refractivity contribution in [3.63, 3.8) is 0 Å². The molecule has 1 amide bonds. The molecule has 2 aromatic carbocycles. The van der Waals surface area contributed by atoms with Crippen LogP contribution in [0, 0.1) is 0 Å². The topological polar surface area (TPSA) is 96.2 Å². The molecular weight excluding hydrogens is 446 g/mol. The van der Waals surface area contributed by atoms with Crippen molar-refractivity contribution >= 4 is 17.7 Å². The molecule has 0 bridgehead atoms. The molecule has 2 heterocycles. The third-order valence-electron chi connectivity index (χ3n) is 5.04. The van der Waals surface area contributed by atoms with Crippen LogP contribution in [0.15, 0.2) is 46.0 Å². The highest BCUT2D eigenvalue weighted by atomic mass is 32.2. The van der Waals surface area contributed by atoms with Crippen LogP contribution in [0.3, 0.4) is 0 Å². The summed E-state index contributed by atoms with van der Waals surface area (Å²) < 4.78 is 27.5. The van der Waals surface area contributed by atoms with Gasteiger partial charge in [-0.1, -0.05) is 17.8 Å². The van der Waals surface area contributed by atoms with E-state index in [2.05, 4.69) is 10.2 Å². The van der Waals surface area contributed by atoms with Crippen LogP contribution in [0.25, 0.3) is 11.5 Å². The van der Waals surface area contributed by atoms with Crippen LogP contribution in [0.2, 0.25) is 0 Å². The Morgan fingerprint density at radius 1 is 1.03 bits per heavy atom. The zero-order valence-electron chi connectivity index (χ0n) is 18.7. The fourth-order valence-electron chi connectivity index (χ4n) is 3.31. The predicted octanol–water partition coefficient (Wildman–Crippen LogP) is 3.67. The molecule has 0 radical (unpaired) electrons. The minimum atomic E-state index is -0.0276. The Balaban J connectivity index is 1.38. The number of methoxy groups -OCH3 is 2. The minimum absolute atomic E-state index is 0.0276. The fraction of sp³-hybridized carbons (Fsp3) is 0.348. The van der Waals surface area contributed by atoms with Crippen molar-refractivity contribution in [3.8, 4) is 34.5 Å². The second-order valence-electron chi connectivity index (χ2n) is 7.15. The molecule has 0 spiro atoms. The van der Waals surface area contributed by atoms with Crippen molar-refractivity contribution in [1.29, 1.82) is 0 Å². The second kappa shape index (κ2) is 10.5. The number of fused-ring (bicyclic) bond motifs is 1. The summed E-state index contributed by atoms with van der Waals surface area (Å²) in [4.78, 5) is 14.6. The standard InChI is InChI=1S/C23H25N3O6S/c1-4-26(13-15-5-6-19-20(9-15)31-8-7-30-19)21(27)14-33-23-25-24-22(32-23)16-10-17(28-2)12-18(11-16)29-3/h5-6,9-12H,4,7-8,13-14H2,1-3H3.